The Bertz CT molecular complexity index is 720. The third kappa shape index (κ3) is 3.79. The molecule has 1 saturated heterocycles. The van der Waals surface area contributed by atoms with Gasteiger partial charge in [-0.25, -0.2) is 0 Å². The molecule has 2 heterocycles. The minimum absolute atomic E-state index is 0.0230. The van der Waals surface area contributed by atoms with Crippen LogP contribution >= 0.6 is 11.6 Å². The number of hydrogen-bond acceptors (Lipinski definition) is 4. The third-order valence-corrected chi connectivity index (χ3v) is 4.72. The summed E-state index contributed by atoms with van der Waals surface area (Å²) in [7, 11) is 1.95. The molecule has 6 heteroatoms. The van der Waals surface area contributed by atoms with Crippen molar-refractivity contribution in [1.82, 2.24) is 15.2 Å². The molecule has 128 valence electrons. The largest absolute Gasteiger partial charge is 0.481 e. The highest BCUT2D eigenvalue weighted by Crippen LogP contribution is 2.29. The summed E-state index contributed by atoms with van der Waals surface area (Å²) >= 11 is 6.18. The normalized spacial score (nSPS) is 17.9. The van der Waals surface area contributed by atoms with E-state index in [1.165, 1.54) is 0 Å². The van der Waals surface area contributed by atoms with Crippen LogP contribution in [0.5, 0.6) is 5.75 Å². The van der Waals surface area contributed by atoms with E-state index in [1.807, 2.05) is 24.1 Å². The van der Waals surface area contributed by atoms with Gasteiger partial charge in [-0.05, 0) is 56.6 Å². The molecule has 0 radical (unpaired) electrons. The average Bonchev–Trinajstić information content (AvgIpc) is 2.62. The molecule has 1 N–H and O–H groups in total. The van der Waals surface area contributed by atoms with E-state index in [9.17, 15) is 4.79 Å². The fraction of sp³-hybridized carbons (Fsp3) is 0.444. The Kier molecular flexibility index (Phi) is 5.53. The summed E-state index contributed by atoms with van der Waals surface area (Å²) in [6.07, 6.45) is 3.90. The van der Waals surface area contributed by atoms with Crippen molar-refractivity contribution in [1.29, 1.82) is 0 Å². The zero-order chi connectivity index (χ0) is 16.9. The number of hydrogen-bond donors (Lipinski definition) is 1. The molecule has 2 aromatic rings. The molecule has 1 aliphatic heterocycles. The van der Waals surface area contributed by atoms with E-state index in [1.54, 1.807) is 18.3 Å². The molecule has 0 saturated carbocycles. The molecule has 1 fully saturated rings. The monoisotopic (exact) mass is 347 g/mol. The Labute approximate surface area is 146 Å². The standard InChI is InChI=1S/C18H22ClN3O2/c1-20-10-13-4-3-9-22(11-13)17(23)12-24-16-7-6-15(19)14-5-2-8-21-18(14)16/h2,5-8,13,20H,3-4,9-12H2,1H3. The van der Waals surface area contributed by atoms with Crippen molar-refractivity contribution in [3.05, 3.63) is 35.5 Å². The molecule has 1 aliphatic rings. The van der Waals surface area contributed by atoms with E-state index in [0.717, 1.165) is 37.9 Å². The van der Waals surface area contributed by atoms with Gasteiger partial charge in [0.15, 0.2) is 6.61 Å². The van der Waals surface area contributed by atoms with Crippen LogP contribution in [0.3, 0.4) is 0 Å². The number of ether oxygens (including phenoxy) is 1. The van der Waals surface area contributed by atoms with Gasteiger partial charge >= 0.3 is 0 Å². The highest BCUT2D eigenvalue weighted by atomic mass is 35.5. The van der Waals surface area contributed by atoms with Gasteiger partial charge in [-0.15, -0.1) is 0 Å². The van der Waals surface area contributed by atoms with Crippen LogP contribution in [-0.2, 0) is 4.79 Å². The number of fused-ring (bicyclic) bond motifs is 1. The minimum atomic E-state index is 0.0230. The molecule has 0 spiro atoms. The number of nitrogens with one attached hydrogen (secondary N) is 1. The van der Waals surface area contributed by atoms with Crippen molar-refractivity contribution >= 4 is 28.4 Å². The quantitative estimate of drug-likeness (QED) is 0.903. The number of likely N-dealkylation sites (tertiary alicyclic amines) is 1. The lowest BCUT2D eigenvalue weighted by molar-refractivity contribution is -0.135. The van der Waals surface area contributed by atoms with Crippen LogP contribution in [0, 0.1) is 5.92 Å². The Morgan fingerprint density at radius 2 is 2.33 bits per heavy atom. The van der Waals surface area contributed by atoms with E-state index < -0.39 is 0 Å². The molecule has 1 aromatic heterocycles. The second kappa shape index (κ2) is 7.81. The third-order valence-electron chi connectivity index (χ3n) is 4.40. The van der Waals surface area contributed by atoms with Crippen molar-refractivity contribution < 1.29 is 9.53 Å². The molecule has 1 amide bonds. The van der Waals surface area contributed by atoms with E-state index in [4.69, 9.17) is 16.3 Å². The van der Waals surface area contributed by atoms with Crippen molar-refractivity contribution in [2.75, 3.05) is 33.3 Å². The molecule has 1 unspecified atom stereocenters. The molecular weight excluding hydrogens is 326 g/mol. The van der Waals surface area contributed by atoms with Crippen LogP contribution in [0.4, 0.5) is 0 Å². The van der Waals surface area contributed by atoms with Gasteiger partial charge in [0.25, 0.3) is 5.91 Å². The summed E-state index contributed by atoms with van der Waals surface area (Å²) in [4.78, 5) is 18.7. The Balaban J connectivity index is 1.65. The predicted molar refractivity (Wildman–Crippen MR) is 95.5 cm³/mol. The van der Waals surface area contributed by atoms with Crippen LogP contribution < -0.4 is 10.1 Å². The van der Waals surface area contributed by atoms with Gasteiger partial charge in [0, 0.05) is 24.7 Å². The number of carbonyl (C=O) groups is 1. The van der Waals surface area contributed by atoms with Gasteiger partial charge < -0.3 is 15.0 Å². The summed E-state index contributed by atoms with van der Waals surface area (Å²) < 4.78 is 5.76. The minimum Gasteiger partial charge on any atom is -0.481 e. The van der Waals surface area contributed by atoms with Crippen molar-refractivity contribution in [3.8, 4) is 5.75 Å². The van der Waals surface area contributed by atoms with Crippen LogP contribution in [0.1, 0.15) is 12.8 Å². The van der Waals surface area contributed by atoms with Gasteiger partial charge in [-0.2, -0.15) is 0 Å². The van der Waals surface area contributed by atoms with E-state index in [-0.39, 0.29) is 12.5 Å². The molecule has 0 bridgehead atoms. The number of rotatable bonds is 5. The maximum atomic E-state index is 12.5. The number of nitrogens with zero attached hydrogens (tertiary/aromatic N) is 2. The fourth-order valence-corrected chi connectivity index (χ4v) is 3.42. The molecular formula is C18H22ClN3O2. The number of benzene rings is 1. The molecule has 24 heavy (non-hydrogen) atoms. The maximum absolute atomic E-state index is 12.5. The Hall–Kier alpha value is -1.85. The molecule has 0 aliphatic carbocycles. The van der Waals surface area contributed by atoms with Gasteiger partial charge in [-0.1, -0.05) is 11.6 Å². The van der Waals surface area contributed by atoms with Crippen LogP contribution in [0.15, 0.2) is 30.5 Å². The first-order chi connectivity index (χ1) is 11.7. The maximum Gasteiger partial charge on any atom is 0.260 e. The summed E-state index contributed by atoms with van der Waals surface area (Å²) in [5, 5.41) is 4.65. The van der Waals surface area contributed by atoms with Crippen LogP contribution in [-0.4, -0.2) is 49.1 Å². The highest BCUT2D eigenvalue weighted by Gasteiger charge is 2.23. The van der Waals surface area contributed by atoms with Gasteiger partial charge in [0.1, 0.15) is 11.3 Å². The Morgan fingerprint density at radius 3 is 3.17 bits per heavy atom. The highest BCUT2D eigenvalue weighted by molar-refractivity contribution is 6.35. The summed E-state index contributed by atoms with van der Waals surface area (Å²) in [6, 6.07) is 7.27. The zero-order valence-corrected chi connectivity index (χ0v) is 14.6. The zero-order valence-electron chi connectivity index (χ0n) is 13.8. The predicted octanol–water partition coefficient (Wildman–Crippen LogP) is 2.73. The van der Waals surface area contributed by atoms with Crippen molar-refractivity contribution in [2.45, 2.75) is 12.8 Å². The first-order valence-electron chi connectivity index (χ1n) is 8.27. The Morgan fingerprint density at radius 1 is 1.46 bits per heavy atom. The molecule has 5 nitrogen and oxygen atoms in total. The van der Waals surface area contributed by atoms with E-state index >= 15 is 0 Å². The summed E-state index contributed by atoms with van der Waals surface area (Å²) in [5.41, 5.74) is 0.685. The number of carbonyl (C=O) groups excluding carboxylic acids is 1. The second-order valence-corrected chi connectivity index (χ2v) is 6.55. The lowest BCUT2D eigenvalue weighted by atomic mass is 9.98. The van der Waals surface area contributed by atoms with Gasteiger partial charge in [0.2, 0.25) is 0 Å². The van der Waals surface area contributed by atoms with Gasteiger partial charge in [0.05, 0.1) is 5.02 Å². The number of piperidine rings is 1. The first kappa shape index (κ1) is 17.0. The van der Waals surface area contributed by atoms with E-state index in [2.05, 4.69) is 10.3 Å². The smallest absolute Gasteiger partial charge is 0.260 e. The second-order valence-electron chi connectivity index (χ2n) is 6.14. The first-order valence-corrected chi connectivity index (χ1v) is 8.65. The van der Waals surface area contributed by atoms with Gasteiger partial charge in [-0.3, -0.25) is 9.78 Å². The topological polar surface area (TPSA) is 54.5 Å². The molecule has 1 atom stereocenters. The lowest BCUT2D eigenvalue weighted by Crippen LogP contribution is -2.44. The lowest BCUT2D eigenvalue weighted by Gasteiger charge is -2.32. The fourth-order valence-electron chi connectivity index (χ4n) is 3.21. The average molecular weight is 348 g/mol. The van der Waals surface area contributed by atoms with Crippen molar-refractivity contribution in [3.63, 3.8) is 0 Å². The van der Waals surface area contributed by atoms with Crippen LogP contribution in [0.25, 0.3) is 10.9 Å². The molecule has 3 rings (SSSR count). The summed E-state index contributed by atoms with van der Waals surface area (Å²) in [5.74, 6) is 1.13. The van der Waals surface area contributed by atoms with Crippen molar-refractivity contribution in [2.24, 2.45) is 5.92 Å². The number of halogens is 1. The number of aromatic nitrogens is 1. The number of pyridine rings is 1. The molecule has 1 aromatic carbocycles. The summed E-state index contributed by atoms with van der Waals surface area (Å²) in [6.45, 7) is 2.57. The van der Waals surface area contributed by atoms with E-state index in [0.29, 0.717) is 22.2 Å². The van der Waals surface area contributed by atoms with Crippen LogP contribution in [0.2, 0.25) is 5.02 Å². The SMILES string of the molecule is CNCC1CCCN(C(=O)COc2ccc(Cl)c3cccnc23)C1. The number of amides is 1.